The van der Waals surface area contributed by atoms with Gasteiger partial charge in [-0.25, -0.2) is 0 Å². The number of amides is 1. The van der Waals surface area contributed by atoms with Crippen molar-refractivity contribution in [3.8, 4) is 0 Å². The lowest BCUT2D eigenvalue weighted by molar-refractivity contribution is -0.173. The number of aryl methyl sites for hydroxylation is 1. The molecule has 20 heavy (non-hydrogen) atoms. The van der Waals surface area contributed by atoms with Crippen LogP contribution in [0.3, 0.4) is 0 Å². The van der Waals surface area contributed by atoms with Crippen molar-refractivity contribution in [2.75, 3.05) is 25.5 Å². The molecule has 0 aliphatic heterocycles. The molecule has 8 heteroatoms. The fourth-order valence-electron chi connectivity index (χ4n) is 1.40. The van der Waals surface area contributed by atoms with E-state index in [2.05, 4.69) is 10.1 Å². The quantitative estimate of drug-likeness (QED) is 0.648. The van der Waals surface area contributed by atoms with Crippen LogP contribution in [0.2, 0.25) is 0 Å². The van der Waals surface area contributed by atoms with Crippen LogP contribution in [-0.2, 0) is 4.74 Å². The van der Waals surface area contributed by atoms with E-state index < -0.39 is 12.8 Å². The molecule has 0 aliphatic rings. The summed E-state index contributed by atoms with van der Waals surface area (Å²) in [5.41, 5.74) is 7.15. The third-order valence-electron chi connectivity index (χ3n) is 2.30. The van der Waals surface area contributed by atoms with Gasteiger partial charge in [0.1, 0.15) is 6.61 Å². The van der Waals surface area contributed by atoms with Gasteiger partial charge in [0.2, 0.25) is 0 Å². The zero-order chi connectivity index (χ0) is 14.5. The Bertz CT molecular complexity index is 453. The Kier molecular flexibility index (Phi) is 7.38. The lowest BCUT2D eigenvalue weighted by atomic mass is 10.1. The number of nitrogens with one attached hydrogen (secondary N) is 1. The van der Waals surface area contributed by atoms with Gasteiger partial charge in [-0.05, 0) is 24.6 Å². The molecule has 1 amide bonds. The van der Waals surface area contributed by atoms with Gasteiger partial charge in [0.05, 0.1) is 6.61 Å². The summed E-state index contributed by atoms with van der Waals surface area (Å²) in [7, 11) is 0. The highest BCUT2D eigenvalue weighted by Crippen LogP contribution is 2.14. The van der Waals surface area contributed by atoms with Gasteiger partial charge in [-0.3, -0.25) is 4.79 Å². The molecule has 3 N–H and O–H groups in total. The summed E-state index contributed by atoms with van der Waals surface area (Å²) in [5, 5.41) is 2.47. The Hall–Kier alpha value is -1.47. The summed E-state index contributed by atoms with van der Waals surface area (Å²) in [6.45, 7) is 0.227. The fourth-order valence-corrected chi connectivity index (χ4v) is 1.40. The molecule has 4 nitrogen and oxygen atoms in total. The molecule has 1 aromatic carbocycles. The highest BCUT2D eigenvalue weighted by molar-refractivity contribution is 5.96. The summed E-state index contributed by atoms with van der Waals surface area (Å²) in [4.78, 5) is 11.7. The molecule has 0 aromatic heterocycles. The van der Waals surface area contributed by atoms with E-state index in [4.69, 9.17) is 5.73 Å². The molecule has 0 spiro atoms. The van der Waals surface area contributed by atoms with Gasteiger partial charge < -0.3 is 15.8 Å². The third kappa shape index (κ3) is 6.63. The molecule has 114 valence electrons. The van der Waals surface area contributed by atoms with Gasteiger partial charge in [0.15, 0.2) is 0 Å². The predicted octanol–water partition coefficient (Wildman–Crippen LogP) is 2.31. The van der Waals surface area contributed by atoms with Crippen LogP contribution in [0.15, 0.2) is 18.2 Å². The molecule has 0 saturated heterocycles. The first-order valence-electron chi connectivity index (χ1n) is 5.58. The van der Waals surface area contributed by atoms with Crippen LogP contribution >= 0.6 is 12.4 Å². The number of carbonyl (C=O) groups excluding carboxylic acids is 1. The summed E-state index contributed by atoms with van der Waals surface area (Å²) in [5.74, 6) is -0.389. The predicted molar refractivity (Wildman–Crippen MR) is 72.0 cm³/mol. The third-order valence-corrected chi connectivity index (χ3v) is 2.30. The summed E-state index contributed by atoms with van der Waals surface area (Å²) in [6, 6.07) is 4.88. The average molecular weight is 313 g/mol. The second kappa shape index (κ2) is 7.96. The van der Waals surface area contributed by atoms with E-state index in [0.717, 1.165) is 5.56 Å². The monoisotopic (exact) mass is 312 g/mol. The number of rotatable bonds is 5. The number of halogens is 4. The smallest absolute Gasteiger partial charge is 0.399 e. The van der Waals surface area contributed by atoms with Crippen LogP contribution < -0.4 is 11.1 Å². The highest BCUT2D eigenvalue weighted by Gasteiger charge is 2.27. The Morgan fingerprint density at radius 3 is 2.65 bits per heavy atom. The number of ether oxygens (including phenoxy) is 1. The number of hydrogen-bond acceptors (Lipinski definition) is 3. The number of nitrogen functional groups attached to an aromatic ring is 1. The van der Waals surface area contributed by atoms with Crippen molar-refractivity contribution in [3.63, 3.8) is 0 Å². The summed E-state index contributed by atoms with van der Waals surface area (Å²) in [6.07, 6.45) is -4.35. The molecule has 1 aromatic rings. The molecule has 0 radical (unpaired) electrons. The van der Waals surface area contributed by atoms with Gasteiger partial charge >= 0.3 is 6.18 Å². The molecule has 0 bridgehead atoms. The first kappa shape index (κ1) is 18.5. The standard InChI is InChI=1S/C12H15F3N2O2.ClH/c1-8-2-3-9(16)6-10(8)11(18)17-4-5-19-7-12(13,14)15;/h2-3,6H,4-5,7,16H2,1H3,(H,17,18);1H. The van der Waals surface area contributed by atoms with Gasteiger partial charge in [0, 0.05) is 17.8 Å². The van der Waals surface area contributed by atoms with Crippen molar-refractivity contribution in [2.24, 2.45) is 0 Å². The second-order valence-electron chi connectivity index (χ2n) is 4.00. The molecule has 0 heterocycles. The normalized spacial score (nSPS) is 10.8. The Morgan fingerprint density at radius 2 is 2.05 bits per heavy atom. The second-order valence-corrected chi connectivity index (χ2v) is 4.00. The molecule has 0 atom stereocenters. The van der Waals surface area contributed by atoms with Crippen molar-refractivity contribution in [1.82, 2.24) is 5.32 Å². The van der Waals surface area contributed by atoms with Gasteiger partial charge in [-0.15, -0.1) is 12.4 Å². The maximum atomic E-state index is 11.8. The van der Waals surface area contributed by atoms with Crippen LogP contribution in [0.5, 0.6) is 0 Å². The Morgan fingerprint density at radius 1 is 1.40 bits per heavy atom. The SMILES string of the molecule is Cc1ccc(N)cc1C(=O)NCCOCC(F)(F)F.Cl. The number of anilines is 1. The number of alkyl halides is 3. The van der Waals surface area contributed by atoms with Gasteiger partial charge in [0.25, 0.3) is 5.91 Å². The van der Waals surface area contributed by atoms with E-state index in [0.29, 0.717) is 11.3 Å². The Labute approximate surface area is 120 Å². The minimum atomic E-state index is -4.35. The number of carbonyl (C=O) groups is 1. The molecular weight excluding hydrogens is 297 g/mol. The molecule has 0 fully saturated rings. The zero-order valence-corrected chi connectivity index (χ0v) is 11.6. The molecule has 1 rings (SSSR count). The van der Waals surface area contributed by atoms with E-state index in [1.165, 1.54) is 6.07 Å². The molecule has 0 saturated carbocycles. The lowest BCUT2D eigenvalue weighted by Gasteiger charge is -2.10. The maximum absolute atomic E-state index is 11.8. The zero-order valence-electron chi connectivity index (χ0n) is 10.8. The van der Waals surface area contributed by atoms with Gasteiger partial charge in [-0.1, -0.05) is 6.07 Å². The molecule has 0 unspecified atom stereocenters. The van der Waals surface area contributed by atoms with E-state index in [1.54, 1.807) is 19.1 Å². The molecule has 0 aliphatic carbocycles. The minimum Gasteiger partial charge on any atom is -0.399 e. The van der Waals surface area contributed by atoms with E-state index in [-0.39, 0.29) is 31.5 Å². The topological polar surface area (TPSA) is 64.4 Å². The van der Waals surface area contributed by atoms with Crippen LogP contribution in [-0.4, -0.2) is 31.8 Å². The maximum Gasteiger partial charge on any atom is 0.411 e. The van der Waals surface area contributed by atoms with Crippen LogP contribution in [0.4, 0.5) is 18.9 Å². The number of hydrogen-bond donors (Lipinski definition) is 2. The highest BCUT2D eigenvalue weighted by atomic mass is 35.5. The average Bonchev–Trinajstić information content (AvgIpc) is 2.30. The van der Waals surface area contributed by atoms with Gasteiger partial charge in [-0.2, -0.15) is 13.2 Å². The fraction of sp³-hybridized carbons (Fsp3) is 0.417. The minimum absolute atomic E-state index is 0. The largest absolute Gasteiger partial charge is 0.411 e. The van der Waals surface area contributed by atoms with Crippen molar-refractivity contribution < 1.29 is 22.7 Å². The Balaban J connectivity index is 0.00000361. The van der Waals surface area contributed by atoms with Crippen LogP contribution in [0.1, 0.15) is 15.9 Å². The van der Waals surface area contributed by atoms with E-state index >= 15 is 0 Å². The summed E-state index contributed by atoms with van der Waals surface area (Å²) >= 11 is 0. The number of nitrogens with two attached hydrogens (primary N) is 1. The van der Waals surface area contributed by atoms with E-state index in [1.807, 2.05) is 0 Å². The van der Waals surface area contributed by atoms with Crippen LogP contribution in [0.25, 0.3) is 0 Å². The summed E-state index contributed by atoms with van der Waals surface area (Å²) < 4.78 is 39.7. The van der Waals surface area contributed by atoms with Crippen molar-refractivity contribution in [1.29, 1.82) is 0 Å². The van der Waals surface area contributed by atoms with E-state index in [9.17, 15) is 18.0 Å². The lowest BCUT2D eigenvalue weighted by Crippen LogP contribution is -2.29. The van der Waals surface area contributed by atoms with Crippen molar-refractivity contribution in [3.05, 3.63) is 29.3 Å². The first-order chi connectivity index (χ1) is 8.79. The first-order valence-corrected chi connectivity index (χ1v) is 5.58. The van der Waals surface area contributed by atoms with Crippen LogP contribution in [0, 0.1) is 6.92 Å². The van der Waals surface area contributed by atoms with Crippen molar-refractivity contribution >= 4 is 24.0 Å². The number of benzene rings is 1. The molecular formula is C12H16ClF3N2O2. The van der Waals surface area contributed by atoms with Crippen molar-refractivity contribution in [2.45, 2.75) is 13.1 Å².